The largest absolute Gasteiger partial charge is 0.467 e. The summed E-state index contributed by atoms with van der Waals surface area (Å²) in [6.07, 6.45) is 6.95. The zero-order valence-corrected chi connectivity index (χ0v) is 10.6. The summed E-state index contributed by atoms with van der Waals surface area (Å²) in [4.78, 5) is 16.4. The van der Waals surface area contributed by atoms with Gasteiger partial charge in [0, 0.05) is 23.4 Å². The lowest BCUT2D eigenvalue weighted by molar-refractivity contribution is 0.0947. The van der Waals surface area contributed by atoms with E-state index in [1.54, 1.807) is 18.5 Å². The van der Waals surface area contributed by atoms with Gasteiger partial charge in [0.25, 0.3) is 5.91 Å². The van der Waals surface area contributed by atoms with Crippen LogP contribution in [0.2, 0.25) is 0 Å². The van der Waals surface area contributed by atoms with Crippen molar-refractivity contribution in [1.29, 1.82) is 0 Å². The maximum Gasteiger partial charge on any atom is 0.251 e. The van der Waals surface area contributed by atoms with E-state index in [1.165, 1.54) is 19.3 Å². The fourth-order valence-corrected chi connectivity index (χ4v) is 2.20. The first-order valence-corrected chi connectivity index (χ1v) is 6.59. The molecule has 0 spiro atoms. The van der Waals surface area contributed by atoms with Crippen molar-refractivity contribution in [2.75, 3.05) is 0 Å². The average molecular weight is 256 g/mol. The van der Waals surface area contributed by atoms with Crippen LogP contribution in [0.15, 0.2) is 41.1 Å². The molecule has 19 heavy (non-hydrogen) atoms. The third kappa shape index (κ3) is 2.67. The number of nitrogens with zero attached hydrogens (tertiary/aromatic N) is 1. The zero-order valence-electron chi connectivity index (χ0n) is 10.6. The highest BCUT2D eigenvalue weighted by Gasteiger charge is 2.21. The van der Waals surface area contributed by atoms with Crippen LogP contribution in [0.3, 0.4) is 0 Å². The molecule has 0 saturated heterocycles. The van der Waals surface area contributed by atoms with Gasteiger partial charge in [-0.3, -0.25) is 9.78 Å². The Morgan fingerprint density at radius 1 is 1.42 bits per heavy atom. The quantitative estimate of drug-likeness (QED) is 0.915. The van der Waals surface area contributed by atoms with Crippen LogP contribution in [0, 0.1) is 0 Å². The molecule has 0 aliphatic heterocycles. The fraction of sp³-hybridized carbons (Fsp3) is 0.333. The highest BCUT2D eigenvalue weighted by molar-refractivity contribution is 5.94. The molecule has 0 radical (unpaired) electrons. The van der Waals surface area contributed by atoms with Crippen molar-refractivity contribution in [3.05, 3.63) is 53.7 Å². The van der Waals surface area contributed by atoms with Gasteiger partial charge < -0.3 is 9.73 Å². The number of pyridine rings is 1. The molecule has 1 aliphatic rings. The lowest BCUT2D eigenvalue weighted by Crippen LogP contribution is -2.23. The Morgan fingerprint density at radius 3 is 3.00 bits per heavy atom. The first-order valence-electron chi connectivity index (χ1n) is 6.59. The van der Waals surface area contributed by atoms with Crippen LogP contribution < -0.4 is 5.32 Å². The van der Waals surface area contributed by atoms with Gasteiger partial charge in [-0.2, -0.15) is 0 Å². The highest BCUT2D eigenvalue weighted by atomic mass is 16.3. The van der Waals surface area contributed by atoms with E-state index in [0.29, 0.717) is 18.0 Å². The van der Waals surface area contributed by atoms with Gasteiger partial charge in [-0.25, -0.2) is 0 Å². The van der Waals surface area contributed by atoms with E-state index >= 15 is 0 Å². The van der Waals surface area contributed by atoms with Crippen molar-refractivity contribution in [2.45, 2.75) is 31.7 Å². The van der Waals surface area contributed by atoms with Crippen LogP contribution in [0.4, 0.5) is 0 Å². The Bertz CT molecular complexity index is 559. The molecule has 1 amide bonds. The number of aromatic nitrogens is 1. The lowest BCUT2D eigenvalue weighted by atomic mass is 9.82. The topological polar surface area (TPSA) is 55.1 Å². The molecule has 2 aromatic rings. The molecule has 1 saturated carbocycles. The number of furan rings is 1. The first kappa shape index (κ1) is 12.0. The van der Waals surface area contributed by atoms with Gasteiger partial charge in [0.05, 0.1) is 12.8 Å². The summed E-state index contributed by atoms with van der Waals surface area (Å²) in [6.45, 7) is 0.410. The van der Waals surface area contributed by atoms with E-state index in [4.69, 9.17) is 4.42 Å². The van der Waals surface area contributed by atoms with Crippen LogP contribution in [0.5, 0.6) is 0 Å². The molecular weight excluding hydrogens is 240 g/mol. The number of hydrogen-bond acceptors (Lipinski definition) is 3. The fourth-order valence-electron chi connectivity index (χ4n) is 2.20. The van der Waals surface area contributed by atoms with Crippen LogP contribution in [0.1, 0.15) is 47.0 Å². The van der Waals surface area contributed by atoms with Gasteiger partial charge in [-0.05, 0) is 37.1 Å². The molecular formula is C15H16N2O2. The second-order valence-electron chi connectivity index (χ2n) is 4.86. The summed E-state index contributed by atoms with van der Waals surface area (Å²) in [5.74, 6) is 1.21. The molecule has 2 aromatic heterocycles. The van der Waals surface area contributed by atoms with Crippen LogP contribution in [-0.4, -0.2) is 10.9 Å². The van der Waals surface area contributed by atoms with Gasteiger partial charge in [-0.1, -0.05) is 6.42 Å². The van der Waals surface area contributed by atoms with Gasteiger partial charge in [0.2, 0.25) is 0 Å². The minimum atomic E-state index is -0.0839. The maximum absolute atomic E-state index is 12.0. The number of nitrogens with one attached hydrogen (secondary N) is 1. The number of hydrogen-bond donors (Lipinski definition) is 1. The molecule has 1 aliphatic carbocycles. The Morgan fingerprint density at radius 2 is 2.32 bits per heavy atom. The molecule has 0 aromatic carbocycles. The predicted octanol–water partition coefficient (Wildman–Crippen LogP) is 2.87. The highest BCUT2D eigenvalue weighted by Crippen LogP contribution is 2.35. The first-order chi connectivity index (χ1) is 9.33. The summed E-state index contributed by atoms with van der Waals surface area (Å²) < 4.78 is 5.18. The number of amides is 1. The van der Waals surface area contributed by atoms with E-state index in [2.05, 4.69) is 10.3 Å². The molecule has 2 heterocycles. The summed E-state index contributed by atoms with van der Waals surface area (Å²) >= 11 is 0. The molecule has 4 nitrogen and oxygen atoms in total. The third-order valence-electron chi connectivity index (χ3n) is 3.57. The van der Waals surface area contributed by atoms with Gasteiger partial charge in [-0.15, -0.1) is 0 Å². The summed E-state index contributed by atoms with van der Waals surface area (Å²) in [6, 6.07) is 7.30. The second-order valence-corrected chi connectivity index (χ2v) is 4.86. The molecule has 98 valence electrons. The van der Waals surface area contributed by atoms with Crippen molar-refractivity contribution in [3.8, 4) is 0 Å². The minimum absolute atomic E-state index is 0.0839. The Kier molecular flexibility index (Phi) is 3.31. The molecule has 0 unspecified atom stereocenters. The molecule has 4 heteroatoms. The second kappa shape index (κ2) is 5.26. The van der Waals surface area contributed by atoms with E-state index in [1.807, 2.05) is 18.2 Å². The smallest absolute Gasteiger partial charge is 0.251 e. The van der Waals surface area contributed by atoms with Crippen molar-refractivity contribution < 1.29 is 9.21 Å². The Labute approximate surface area is 111 Å². The standard InChI is InChI=1S/C15H16N2O2/c18-15(17-10-13-5-2-8-19-13)12-6-7-16-14(9-12)11-3-1-4-11/h2,5-9,11H,1,3-4,10H2,(H,17,18). The van der Waals surface area contributed by atoms with E-state index in [0.717, 1.165) is 11.5 Å². The monoisotopic (exact) mass is 256 g/mol. The Balaban J connectivity index is 1.65. The lowest BCUT2D eigenvalue weighted by Gasteiger charge is -2.24. The van der Waals surface area contributed by atoms with E-state index in [9.17, 15) is 4.79 Å². The maximum atomic E-state index is 12.0. The molecule has 1 fully saturated rings. The van der Waals surface area contributed by atoms with Crippen molar-refractivity contribution in [1.82, 2.24) is 10.3 Å². The minimum Gasteiger partial charge on any atom is -0.467 e. The number of rotatable bonds is 4. The zero-order chi connectivity index (χ0) is 13.1. The van der Waals surface area contributed by atoms with Crippen LogP contribution in [0.25, 0.3) is 0 Å². The van der Waals surface area contributed by atoms with Crippen molar-refractivity contribution in [3.63, 3.8) is 0 Å². The van der Waals surface area contributed by atoms with Crippen LogP contribution >= 0.6 is 0 Å². The van der Waals surface area contributed by atoms with Crippen molar-refractivity contribution in [2.24, 2.45) is 0 Å². The predicted molar refractivity (Wildman–Crippen MR) is 70.7 cm³/mol. The van der Waals surface area contributed by atoms with Gasteiger partial charge in [0.1, 0.15) is 5.76 Å². The third-order valence-corrected chi connectivity index (χ3v) is 3.57. The molecule has 0 bridgehead atoms. The molecule has 1 N–H and O–H groups in total. The SMILES string of the molecule is O=C(NCc1ccco1)c1ccnc(C2CCC2)c1. The summed E-state index contributed by atoms with van der Waals surface area (Å²) in [7, 11) is 0. The van der Waals surface area contributed by atoms with E-state index < -0.39 is 0 Å². The summed E-state index contributed by atoms with van der Waals surface area (Å²) in [5, 5.41) is 2.84. The molecule has 3 rings (SSSR count). The van der Waals surface area contributed by atoms with Crippen LogP contribution in [-0.2, 0) is 6.54 Å². The van der Waals surface area contributed by atoms with E-state index in [-0.39, 0.29) is 5.91 Å². The van der Waals surface area contributed by atoms with Gasteiger partial charge in [0.15, 0.2) is 0 Å². The summed E-state index contributed by atoms with van der Waals surface area (Å²) in [5.41, 5.74) is 1.71. The molecule has 0 atom stereocenters. The van der Waals surface area contributed by atoms with Gasteiger partial charge >= 0.3 is 0 Å². The Hall–Kier alpha value is -2.10. The number of carbonyl (C=O) groups is 1. The number of carbonyl (C=O) groups excluding carboxylic acids is 1. The van der Waals surface area contributed by atoms with Crippen molar-refractivity contribution >= 4 is 5.91 Å². The average Bonchev–Trinajstić information content (AvgIpc) is 2.87. The normalized spacial score (nSPS) is 14.9.